The van der Waals surface area contributed by atoms with Crippen molar-refractivity contribution in [2.24, 2.45) is 5.73 Å². The highest BCUT2D eigenvalue weighted by Crippen LogP contribution is 2.21. The highest BCUT2D eigenvalue weighted by atomic mass is 32.2. The molecule has 0 aliphatic heterocycles. The van der Waals surface area contributed by atoms with Gasteiger partial charge < -0.3 is 5.73 Å². The van der Waals surface area contributed by atoms with Crippen LogP contribution in [0.2, 0.25) is 0 Å². The summed E-state index contributed by atoms with van der Waals surface area (Å²) in [7, 11) is 0. The molecule has 0 spiro atoms. The number of anilines is 1. The van der Waals surface area contributed by atoms with Gasteiger partial charge in [0.1, 0.15) is 0 Å². The average Bonchev–Trinajstić information content (AvgIpc) is 2.94. The molecule has 23 heavy (non-hydrogen) atoms. The van der Waals surface area contributed by atoms with Crippen LogP contribution in [0.1, 0.15) is 16.1 Å². The maximum absolute atomic E-state index is 12.1. The van der Waals surface area contributed by atoms with Crippen molar-refractivity contribution in [2.75, 3.05) is 11.1 Å². The molecule has 3 N–H and O–H groups in total. The van der Waals surface area contributed by atoms with E-state index in [0.717, 1.165) is 5.69 Å². The minimum absolute atomic E-state index is 0.152. The predicted molar refractivity (Wildman–Crippen MR) is 88.5 cm³/mol. The van der Waals surface area contributed by atoms with E-state index < -0.39 is 16.7 Å². The summed E-state index contributed by atoms with van der Waals surface area (Å²) in [6.07, 6.45) is 0. The van der Waals surface area contributed by atoms with Crippen LogP contribution in [-0.2, 0) is 10.5 Å². The Morgan fingerprint density at radius 2 is 2.22 bits per heavy atom. The quantitative estimate of drug-likeness (QED) is 0.579. The third-order valence-corrected chi connectivity index (χ3v) is 4.38. The zero-order chi connectivity index (χ0) is 16.8. The van der Waals surface area contributed by atoms with Crippen molar-refractivity contribution in [3.05, 3.63) is 51.0 Å². The summed E-state index contributed by atoms with van der Waals surface area (Å²) in [5.74, 6) is -0.164. The summed E-state index contributed by atoms with van der Waals surface area (Å²) in [4.78, 5) is 37.1. The van der Waals surface area contributed by atoms with E-state index in [1.165, 1.54) is 47.4 Å². The fourth-order valence-corrected chi connectivity index (χ4v) is 3.09. The second-order valence-electron chi connectivity index (χ2n) is 4.36. The molecule has 1 heterocycles. The van der Waals surface area contributed by atoms with Gasteiger partial charge in [-0.05, 0) is 6.07 Å². The van der Waals surface area contributed by atoms with Gasteiger partial charge >= 0.3 is 0 Å². The minimum Gasteiger partial charge on any atom is -0.369 e. The van der Waals surface area contributed by atoms with Gasteiger partial charge in [0.25, 0.3) is 11.6 Å². The molecule has 10 heteroatoms. The van der Waals surface area contributed by atoms with Crippen molar-refractivity contribution in [3.63, 3.8) is 0 Å². The molecule has 2 amide bonds. The fraction of sp³-hybridized carbons (Fsp3) is 0.154. The number of nitro groups is 1. The summed E-state index contributed by atoms with van der Waals surface area (Å²) in [6.45, 7) is 0. The summed E-state index contributed by atoms with van der Waals surface area (Å²) in [5.41, 5.74) is 5.79. The predicted octanol–water partition coefficient (Wildman–Crippen LogP) is 2.02. The molecule has 0 aliphatic carbocycles. The van der Waals surface area contributed by atoms with Crippen molar-refractivity contribution in [2.45, 2.75) is 5.75 Å². The molecule has 2 rings (SSSR count). The first-order valence-electron chi connectivity index (χ1n) is 6.32. The molecule has 0 saturated heterocycles. The number of aromatic nitrogens is 1. The number of carbonyl (C=O) groups excluding carboxylic acids is 2. The summed E-state index contributed by atoms with van der Waals surface area (Å²) < 4.78 is 0. The molecule has 0 saturated carbocycles. The van der Waals surface area contributed by atoms with Crippen molar-refractivity contribution in [1.82, 2.24) is 4.98 Å². The summed E-state index contributed by atoms with van der Waals surface area (Å²) in [6, 6.07) is 5.45. The molecular weight excluding hydrogens is 340 g/mol. The van der Waals surface area contributed by atoms with Crippen LogP contribution in [-0.4, -0.2) is 27.5 Å². The number of nitro benzene ring substituents is 1. The van der Waals surface area contributed by atoms with E-state index in [4.69, 9.17) is 5.73 Å². The fourth-order valence-electron chi connectivity index (χ4n) is 1.62. The Morgan fingerprint density at radius 3 is 2.91 bits per heavy atom. The van der Waals surface area contributed by atoms with Gasteiger partial charge in [-0.1, -0.05) is 6.07 Å². The van der Waals surface area contributed by atoms with Crippen LogP contribution in [0.15, 0.2) is 29.6 Å². The molecule has 0 atom stereocenters. The van der Waals surface area contributed by atoms with Gasteiger partial charge in [0.05, 0.1) is 16.4 Å². The van der Waals surface area contributed by atoms with Crippen LogP contribution in [0, 0.1) is 10.1 Å². The van der Waals surface area contributed by atoms with Crippen LogP contribution in [0.5, 0.6) is 0 Å². The first-order chi connectivity index (χ1) is 11.0. The van der Waals surface area contributed by atoms with Gasteiger partial charge in [0.15, 0.2) is 5.13 Å². The number of nitrogens with zero attached hydrogens (tertiary/aromatic N) is 2. The second kappa shape index (κ2) is 7.70. The van der Waals surface area contributed by atoms with E-state index in [0.29, 0.717) is 10.9 Å². The monoisotopic (exact) mass is 352 g/mol. The van der Waals surface area contributed by atoms with Crippen molar-refractivity contribution < 1.29 is 14.5 Å². The molecular formula is C13H12N4O4S2. The lowest BCUT2D eigenvalue weighted by atomic mass is 10.2. The van der Waals surface area contributed by atoms with Crippen molar-refractivity contribution in [1.29, 1.82) is 0 Å². The molecule has 0 aliphatic rings. The number of thiazole rings is 1. The van der Waals surface area contributed by atoms with Crippen molar-refractivity contribution in [3.8, 4) is 0 Å². The maximum atomic E-state index is 12.1. The van der Waals surface area contributed by atoms with Gasteiger partial charge in [0.2, 0.25) is 5.91 Å². The lowest BCUT2D eigenvalue weighted by Crippen LogP contribution is -2.13. The first-order valence-corrected chi connectivity index (χ1v) is 8.35. The van der Waals surface area contributed by atoms with Crippen LogP contribution >= 0.6 is 23.1 Å². The third kappa shape index (κ3) is 5.04. The smallest absolute Gasteiger partial charge is 0.270 e. The second-order valence-corrected chi connectivity index (χ2v) is 6.21. The third-order valence-electron chi connectivity index (χ3n) is 2.59. The molecule has 120 valence electrons. The molecule has 1 aromatic heterocycles. The largest absolute Gasteiger partial charge is 0.369 e. The summed E-state index contributed by atoms with van der Waals surface area (Å²) >= 11 is 2.57. The Labute approximate surface area is 139 Å². The number of hydrogen-bond acceptors (Lipinski definition) is 7. The van der Waals surface area contributed by atoms with Gasteiger partial charge in [-0.3, -0.25) is 25.0 Å². The number of carbonyl (C=O) groups is 2. The number of primary amides is 1. The van der Waals surface area contributed by atoms with Gasteiger partial charge in [-0.25, -0.2) is 4.98 Å². The number of thioether (sulfide) groups is 1. The zero-order valence-corrected chi connectivity index (χ0v) is 13.4. The molecule has 1 aromatic carbocycles. The van der Waals surface area contributed by atoms with Crippen LogP contribution < -0.4 is 11.1 Å². The van der Waals surface area contributed by atoms with Gasteiger partial charge in [-0.15, -0.1) is 23.1 Å². The lowest BCUT2D eigenvalue weighted by molar-refractivity contribution is -0.384. The molecule has 0 fully saturated rings. The van der Waals surface area contributed by atoms with Gasteiger partial charge in [-0.2, -0.15) is 0 Å². The van der Waals surface area contributed by atoms with E-state index in [9.17, 15) is 19.7 Å². The standard InChI is InChI=1S/C13H12N4O4S2/c14-11(18)7-22-5-9-6-23-13(15-9)16-12(19)8-2-1-3-10(4-8)17(20)21/h1-4,6H,5,7H2,(H2,14,18)(H,15,16,19). The topological polar surface area (TPSA) is 128 Å². The highest BCUT2D eigenvalue weighted by Gasteiger charge is 2.13. The number of benzene rings is 1. The molecule has 2 aromatic rings. The Kier molecular flexibility index (Phi) is 5.66. The number of non-ortho nitro benzene ring substituents is 1. The van der Waals surface area contributed by atoms with Crippen LogP contribution in [0.4, 0.5) is 10.8 Å². The van der Waals surface area contributed by atoms with E-state index in [1.807, 2.05) is 0 Å². The van der Waals surface area contributed by atoms with E-state index in [2.05, 4.69) is 10.3 Å². The molecule has 8 nitrogen and oxygen atoms in total. The SMILES string of the molecule is NC(=O)CSCc1csc(NC(=O)c2cccc([N+](=O)[O-])c2)n1. The van der Waals surface area contributed by atoms with E-state index >= 15 is 0 Å². The van der Waals surface area contributed by atoms with E-state index in [-0.39, 0.29) is 17.0 Å². The summed E-state index contributed by atoms with van der Waals surface area (Å²) in [5, 5.41) is 15.4. The Morgan fingerprint density at radius 1 is 1.43 bits per heavy atom. The minimum atomic E-state index is -0.561. The number of amides is 2. The number of hydrogen-bond donors (Lipinski definition) is 2. The molecule has 0 bridgehead atoms. The average molecular weight is 352 g/mol. The molecule has 0 radical (unpaired) electrons. The number of nitrogens with two attached hydrogens (primary N) is 1. The molecule has 0 unspecified atom stereocenters. The first kappa shape index (κ1) is 16.9. The van der Waals surface area contributed by atoms with Gasteiger partial charge in [0, 0.05) is 28.8 Å². The normalized spacial score (nSPS) is 10.3. The lowest BCUT2D eigenvalue weighted by Gasteiger charge is -2.01. The van der Waals surface area contributed by atoms with Crippen LogP contribution in [0.3, 0.4) is 0 Å². The van der Waals surface area contributed by atoms with Crippen molar-refractivity contribution >= 4 is 45.7 Å². The maximum Gasteiger partial charge on any atom is 0.270 e. The Balaban J connectivity index is 1.98. The highest BCUT2D eigenvalue weighted by molar-refractivity contribution is 7.99. The Bertz CT molecular complexity index is 747. The number of nitrogens with one attached hydrogen (secondary N) is 1. The van der Waals surface area contributed by atoms with E-state index in [1.54, 1.807) is 5.38 Å². The Hall–Kier alpha value is -2.46. The zero-order valence-electron chi connectivity index (χ0n) is 11.7. The number of rotatable bonds is 7. The van der Waals surface area contributed by atoms with Crippen LogP contribution in [0.25, 0.3) is 0 Å².